The molecule has 0 aromatic heterocycles. The fourth-order valence-corrected chi connectivity index (χ4v) is 3.47. The zero-order valence-corrected chi connectivity index (χ0v) is 11.5. The van der Waals surface area contributed by atoms with Crippen LogP contribution in [0.1, 0.15) is 25.3 Å². The van der Waals surface area contributed by atoms with Crippen molar-refractivity contribution in [3.8, 4) is 0 Å². The van der Waals surface area contributed by atoms with E-state index in [9.17, 15) is 8.42 Å². The van der Waals surface area contributed by atoms with Crippen molar-refractivity contribution < 1.29 is 13.2 Å². The molecule has 1 saturated heterocycles. The topological polar surface area (TPSA) is 55.4 Å². The minimum Gasteiger partial charge on any atom is -0.377 e. The van der Waals surface area contributed by atoms with Gasteiger partial charge in [-0.15, -0.1) is 0 Å². The Balaban J connectivity index is 2.14. The van der Waals surface area contributed by atoms with Crippen LogP contribution in [-0.4, -0.2) is 27.2 Å². The summed E-state index contributed by atoms with van der Waals surface area (Å²) in [4.78, 5) is 0.315. The third-order valence-corrected chi connectivity index (χ3v) is 4.76. The van der Waals surface area contributed by atoms with Crippen molar-refractivity contribution in [1.82, 2.24) is 4.72 Å². The van der Waals surface area contributed by atoms with E-state index in [2.05, 4.69) is 4.72 Å². The number of rotatable bonds is 4. The fraction of sp³-hybridized carbons (Fsp3) is 0.538. The van der Waals surface area contributed by atoms with E-state index in [0.717, 1.165) is 18.4 Å². The monoisotopic (exact) mass is 269 g/mol. The molecule has 1 aliphatic rings. The highest BCUT2D eigenvalue weighted by atomic mass is 32.2. The first-order chi connectivity index (χ1) is 8.53. The lowest BCUT2D eigenvalue weighted by Crippen LogP contribution is -2.40. The molecule has 0 amide bonds. The minimum absolute atomic E-state index is 0.00905. The Bertz CT molecular complexity index is 495. The molecule has 4 nitrogen and oxygen atoms in total. The van der Waals surface area contributed by atoms with E-state index in [-0.39, 0.29) is 12.1 Å². The number of hydrogen-bond donors (Lipinski definition) is 1. The van der Waals surface area contributed by atoms with Crippen molar-refractivity contribution in [3.05, 3.63) is 29.8 Å². The largest absolute Gasteiger partial charge is 0.377 e. The van der Waals surface area contributed by atoms with Gasteiger partial charge in [-0.1, -0.05) is 24.6 Å². The molecule has 0 unspecified atom stereocenters. The molecule has 0 bridgehead atoms. The summed E-state index contributed by atoms with van der Waals surface area (Å²) in [5.41, 5.74) is 1.05. The predicted molar refractivity (Wildman–Crippen MR) is 69.9 cm³/mol. The quantitative estimate of drug-likeness (QED) is 0.907. The van der Waals surface area contributed by atoms with Crippen molar-refractivity contribution in [2.45, 2.75) is 43.7 Å². The number of ether oxygens (including phenoxy) is 1. The van der Waals surface area contributed by atoms with E-state index < -0.39 is 10.0 Å². The van der Waals surface area contributed by atoms with Gasteiger partial charge in [-0.2, -0.15) is 0 Å². The lowest BCUT2D eigenvalue weighted by Gasteiger charge is -2.18. The summed E-state index contributed by atoms with van der Waals surface area (Å²) in [7, 11) is -3.43. The molecule has 0 aliphatic carbocycles. The molecular weight excluding hydrogens is 250 g/mol. The summed E-state index contributed by atoms with van der Waals surface area (Å²) < 4.78 is 32.6. The Morgan fingerprint density at radius 2 is 2.00 bits per heavy atom. The molecule has 5 heteroatoms. The van der Waals surface area contributed by atoms with E-state index in [1.54, 1.807) is 24.3 Å². The summed E-state index contributed by atoms with van der Waals surface area (Å²) in [6.07, 6.45) is 1.55. The Morgan fingerprint density at radius 1 is 1.33 bits per heavy atom. The van der Waals surface area contributed by atoms with Gasteiger partial charge in [0.15, 0.2) is 0 Å². The van der Waals surface area contributed by atoms with Crippen molar-refractivity contribution >= 4 is 10.0 Å². The molecule has 1 aliphatic heterocycles. The van der Waals surface area contributed by atoms with E-state index in [0.29, 0.717) is 11.5 Å². The molecule has 2 atom stereocenters. The van der Waals surface area contributed by atoms with Gasteiger partial charge in [0.05, 0.1) is 17.0 Å². The van der Waals surface area contributed by atoms with Gasteiger partial charge < -0.3 is 4.74 Å². The first kappa shape index (κ1) is 13.5. The second kappa shape index (κ2) is 5.38. The minimum atomic E-state index is -3.43. The first-order valence-electron chi connectivity index (χ1n) is 6.23. The summed E-state index contributed by atoms with van der Waals surface area (Å²) in [5.74, 6) is 0. The van der Waals surface area contributed by atoms with Crippen molar-refractivity contribution in [3.63, 3.8) is 0 Å². The average molecular weight is 269 g/mol. The summed E-state index contributed by atoms with van der Waals surface area (Å²) in [6, 6.07) is 6.76. The lowest BCUT2D eigenvalue weighted by atomic mass is 10.1. The smallest absolute Gasteiger partial charge is 0.240 e. The van der Waals surface area contributed by atoms with Gasteiger partial charge in [0.2, 0.25) is 10.0 Å². The third kappa shape index (κ3) is 2.91. The Morgan fingerprint density at radius 3 is 2.61 bits per heavy atom. The summed E-state index contributed by atoms with van der Waals surface area (Å²) in [5, 5.41) is 0. The third-order valence-electron chi connectivity index (χ3n) is 3.25. The molecule has 1 fully saturated rings. The van der Waals surface area contributed by atoms with E-state index in [1.165, 1.54) is 0 Å². The number of aryl methyl sites for hydroxylation is 1. The van der Waals surface area contributed by atoms with Crippen LogP contribution >= 0.6 is 0 Å². The van der Waals surface area contributed by atoms with Crippen LogP contribution in [0.25, 0.3) is 0 Å². The second-order valence-electron chi connectivity index (χ2n) is 4.65. The molecular formula is C13H19NO3S. The molecule has 100 valence electrons. The second-order valence-corrected chi connectivity index (χ2v) is 6.36. The maximum Gasteiger partial charge on any atom is 0.240 e. The van der Waals surface area contributed by atoms with Gasteiger partial charge >= 0.3 is 0 Å². The fourth-order valence-electron chi connectivity index (χ4n) is 2.17. The van der Waals surface area contributed by atoms with Crippen LogP contribution in [0, 0.1) is 6.92 Å². The van der Waals surface area contributed by atoms with Crippen molar-refractivity contribution in [1.29, 1.82) is 0 Å². The summed E-state index contributed by atoms with van der Waals surface area (Å²) in [6.45, 7) is 4.56. The normalized spacial score (nSPS) is 24.3. The van der Waals surface area contributed by atoms with Crippen LogP contribution < -0.4 is 4.72 Å². The van der Waals surface area contributed by atoms with Crippen LogP contribution in [0.15, 0.2) is 29.2 Å². The number of sulfonamides is 1. The maximum atomic E-state index is 12.2. The Hall–Kier alpha value is -0.910. The van der Waals surface area contributed by atoms with Crippen LogP contribution in [0.5, 0.6) is 0 Å². The molecule has 1 heterocycles. The van der Waals surface area contributed by atoms with Crippen LogP contribution in [0.3, 0.4) is 0 Å². The van der Waals surface area contributed by atoms with Gasteiger partial charge in [0.1, 0.15) is 0 Å². The number of benzene rings is 1. The molecule has 18 heavy (non-hydrogen) atoms. The van der Waals surface area contributed by atoms with E-state index >= 15 is 0 Å². The van der Waals surface area contributed by atoms with Crippen molar-refractivity contribution in [2.24, 2.45) is 0 Å². The van der Waals surface area contributed by atoms with Crippen LogP contribution in [-0.2, 0) is 14.8 Å². The number of nitrogens with one attached hydrogen (secondary N) is 1. The molecule has 0 radical (unpaired) electrons. The maximum absolute atomic E-state index is 12.2. The van der Waals surface area contributed by atoms with E-state index in [1.807, 2.05) is 13.8 Å². The lowest BCUT2D eigenvalue weighted by molar-refractivity contribution is 0.0990. The average Bonchev–Trinajstić information content (AvgIpc) is 2.76. The summed E-state index contributed by atoms with van der Waals surface area (Å²) >= 11 is 0. The zero-order chi connectivity index (χ0) is 13.2. The van der Waals surface area contributed by atoms with Gasteiger partial charge in [-0.05, 0) is 31.9 Å². The van der Waals surface area contributed by atoms with Gasteiger partial charge in [-0.3, -0.25) is 0 Å². The predicted octanol–water partition coefficient (Wildman–Crippen LogP) is 1.84. The van der Waals surface area contributed by atoms with Gasteiger partial charge in [0.25, 0.3) is 0 Å². The van der Waals surface area contributed by atoms with Crippen molar-refractivity contribution in [2.75, 3.05) is 6.61 Å². The number of hydrogen-bond acceptors (Lipinski definition) is 3. The first-order valence-corrected chi connectivity index (χ1v) is 7.72. The molecule has 1 N–H and O–H groups in total. The molecule has 1 aromatic carbocycles. The standard InChI is InChI=1S/C13H19NO3S/c1-3-13-12(8-9-17-13)14-18(15,16)11-6-4-10(2)5-7-11/h4-7,12-14H,3,8-9H2,1-2H3/t12-,13+/m1/s1. The van der Waals surface area contributed by atoms with Gasteiger partial charge in [0, 0.05) is 6.61 Å². The molecule has 0 spiro atoms. The SMILES string of the molecule is CC[C@@H]1OCC[C@H]1NS(=O)(=O)c1ccc(C)cc1. The molecule has 1 aromatic rings. The Kier molecular flexibility index (Phi) is 4.04. The highest BCUT2D eigenvalue weighted by molar-refractivity contribution is 7.89. The molecule has 2 rings (SSSR count). The van der Waals surface area contributed by atoms with Crippen LogP contribution in [0.4, 0.5) is 0 Å². The highest BCUT2D eigenvalue weighted by Gasteiger charge is 2.30. The van der Waals surface area contributed by atoms with Gasteiger partial charge in [-0.25, -0.2) is 13.1 Å². The zero-order valence-electron chi connectivity index (χ0n) is 10.7. The molecule has 0 saturated carbocycles. The highest BCUT2D eigenvalue weighted by Crippen LogP contribution is 2.19. The van der Waals surface area contributed by atoms with E-state index in [4.69, 9.17) is 4.74 Å². The van der Waals surface area contributed by atoms with Crippen LogP contribution in [0.2, 0.25) is 0 Å². The Labute approximate surface area is 108 Å².